The number of nitrogens with two attached hydrogens (primary N) is 1. The smallest absolute Gasteiger partial charge is 0.315 e. The van der Waals surface area contributed by atoms with Gasteiger partial charge in [-0.3, -0.25) is 19.2 Å². The van der Waals surface area contributed by atoms with Crippen molar-refractivity contribution in [1.82, 2.24) is 20.9 Å². The van der Waals surface area contributed by atoms with Crippen LogP contribution in [0.5, 0.6) is 0 Å². The summed E-state index contributed by atoms with van der Waals surface area (Å²) in [5, 5.41) is 9.08. The van der Waals surface area contributed by atoms with Crippen molar-refractivity contribution in [1.29, 1.82) is 0 Å². The van der Waals surface area contributed by atoms with Gasteiger partial charge in [-0.15, -0.1) is 0 Å². The molecular weight excluding hydrogens is 558 g/mol. The fourth-order valence-corrected chi connectivity index (χ4v) is 7.53. The fraction of sp³-hybridized carbons (Fsp3) is 0.676. The number of amides is 5. The van der Waals surface area contributed by atoms with Crippen LogP contribution in [0.1, 0.15) is 90.5 Å². The molecule has 1 unspecified atom stereocenters. The number of carbonyl (C=O) groups excluding carboxylic acids is 5. The lowest BCUT2D eigenvalue weighted by atomic mass is 9.77. The van der Waals surface area contributed by atoms with Gasteiger partial charge in [-0.05, 0) is 60.8 Å². The minimum absolute atomic E-state index is 0.00203. The zero-order chi connectivity index (χ0) is 31.6. The van der Waals surface area contributed by atoms with Gasteiger partial charge in [-0.25, -0.2) is 4.79 Å². The molecule has 10 nitrogen and oxygen atoms in total. The van der Waals surface area contributed by atoms with E-state index in [9.17, 15) is 24.0 Å². The molecule has 3 saturated carbocycles. The van der Waals surface area contributed by atoms with E-state index in [1.54, 1.807) is 4.90 Å². The second kappa shape index (κ2) is 12.9. The predicted octanol–water partition coefficient (Wildman–Crippen LogP) is 3.22. The van der Waals surface area contributed by atoms with Gasteiger partial charge in [-0.1, -0.05) is 89.6 Å². The normalized spacial score (nSPS) is 25.5. The minimum atomic E-state index is -1.07. The molecule has 5 amide bonds. The number of hydrogen-bond acceptors (Lipinski definition) is 5. The first-order chi connectivity index (χ1) is 20.9. The molecule has 0 spiro atoms. The Hall–Kier alpha value is -3.43. The second-order valence-corrected chi connectivity index (χ2v) is 14.8. The van der Waals surface area contributed by atoms with Crippen LogP contribution in [0.3, 0.4) is 0 Å². The number of urea groups is 1. The van der Waals surface area contributed by atoms with Gasteiger partial charge < -0.3 is 26.6 Å². The third-order valence-corrected chi connectivity index (χ3v) is 10.3. The summed E-state index contributed by atoms with van der Waals surface area (Å²) in [5.41, 5.74) is 5.45. The number of primary amides is 1. The molecule has 1 aliphatic heterocycles. The molecule has 5 atom stereocenters. The largest absolute Gasteiger partial charge is 0.363 e. The van der Waals surface area contributed by atoms with E-state index in [0.717, 1.165) is 69.8 Å². The van der Waals surface area contributed by atoms with E-state index >= 15 is 0 Å². The maximum Gasteiger partial charge on any atom is 0.315 e. The number of nitrogens with zero attached hydrogens (tertiary/aromatic N) is 1. The minimum Gasteiger partial charge on any atom is -0.363 e. The molecule has 5 N–H and O–H groups in total. The molecule has 240 valence electrons. The van der Waals surface area contributed by atoms with Gasteiger partial charge in [0.25, 0.3) is 5.91 Å². The lowest BCUT2D eigenvalue weighted by molar-refractivity contribution is -0.144. The molecule has 3 aliphatic carbocycles. The Bertz CT molecular complexity index is 1250. The zero-order valence-corrected chi connectivity index (χ0v) is 26.4. The van der Waals surface area contributed by atoms with E-state index in [2.05, 4.69) is 28.1 Å². The summed E-state index contributed by atoms with van der Waals surface area (Å²) < 4.78 is 0. The predicted molar refractivity (Wildman–Crippen MR) is 166 cm³/mol. The number of Topliss-reactive ketones (excluding diaryl/α,β-unsaturated/α-hetero) is 1. The van der Waals surface area contributed by atoms with Crippen LogP contribution >= 0.6 is 0 Å². The average molecular weight is 608 g/mol. The van der Waals surface area contributed by atoms with Crippen LogP contribution in [0.15, 0.2) is 30.3 Å². The van der Waals surface area contributed by atoms with Gasteiger partial charge in [0, 0.05) is 12.1 Å². The maximum absolute atomic E-state index is 14.2. The molecule has 1 aromatic rings. The molecule has 1 aromatic carbocycles. The van der Waals surface area contributed by atoms with Crippen molar-refractivity contribution in [3.63, 3.8) is 0 Å². The van der Waals surface area contributed by atoms with Crippen molar-refractivity contribution in [2.24, 2.45) is 28.9 Å². The summed E-state index contributed by atoms with van der Waals surface area (Å²) in [5.74, 6) is -2.13. The highest BCUT2D eigenvalue weighted by Gasteiger charge is 2.58. The lowest BCUT2D eigenvalue weighted by Crippen LogP contribution is -2.63. The van der Waals surface area contributed by atoms with Crippen LogP contribution < -0.4 is 21.7 Å². The van der Waals surface area contributed by atoms with Gasteiger partial charge in [-0.2, -0.15) is 0 Å². The SMILES string of the molecule is CC(C)(C)[C@H](NC(=O)NC1(Cc2ccccc2)CCCCC1)C(=O)N1C[C@@H]2C[C@@H]2[C@H]1C(=O)NC(CC1CCC1)C(=O)C(N)=O. The number of rotatable bonds is 11. The fourth-order valence-electron chi connectivity index (χ4n) is 7.53. The van der Waals surface area contributed by atoms with Crippen LogP contribution in [-0.2, 0) is 25.6 Å². The zero-order valence-electron chi connectivity index (χ0n) is 26.4. The Morgan fingerprint density at radius 1 is 0.977 bits per heavy atom. The topological polar surface area (TPSA) is 151 Å². The standard InChI is InChI=1S/C34H49N5O5/c1-33(2,3)28(37-32(44)38-34(15-8-5-9-16-34)19-22-11-6-4-7-12-22)31(43)39-20-23-18-24(23)26(39)30(42)36-25(27(40)29(35)41)17-21-13-10-14-21/h4,6-7,11-12,21,23-26,28H,5,8-10,13-20H2,1-3H3,(H2,35,41)(H,36,42)(H2,37,38,44)/t23-,24-,25?,26-,28+/m0/s1. The van der Waals surface area contributed by atoms with Crippen LogP contribution in [0, 0.1) is 23.2 Å². The number of nitrogens with one attached hydrogen (secondary N) is 3. The summed E-state index contributed by atoms with van der Waals surface area (Å²) in [4.78, 5) is 67.5. The number of fused-ring (bicyclic) bond motifs is 1. The van der Waals surface area contributed by atoms with E-state index in [1.807, 2.05) is 39.0 Å². The van der Waals surface area contributed by atoms with Crippen molar-refractivity contribution >= 4 is 29.5 Å². The Balaban J connectivity index is 1.29. The maximum atomic E-state index is 14.2. The van der Waals surface area contributed by atoms with Crippen molar-refractivity contribution in [2.75, 3.05) is 6.54 Å². The summed E-state index contributed by atoms with van der Waals surface area (Å²) in [6.45, 7) is 6.14. The molecular formula is C34H49N5O5. The van der Waals surface area contributed by atoms with E-state index in [4.69, 9.17) is 5.73 Å². The molecule has 0 radical (unpaired) electrons. The van der Waals surface area contributed by atoms with Crippen molar-refractivity contribution in [3.8, 4) is 0 Å². The van der Waals surface area contributed by atoms with Crippen LogP contribution in [0.2, 0.25) is 0 Å². The molecule has 4 fully saturated rings. The first kappa shape index (κ1) is 32.0. The Labute approximate surface area is 260 Å². The van der Waals surface area contributed by atoms with Crippen LogP contribution in [0.25, 0.3) is 0 Å². The molecule has 44 heavy (non-hydrogen) atoms. The molecule has 0 bridgehead atoms. The summed E-state index contributed by atoms with van der Waals surface area (Å²) in [6.07, 6.45) is 9.82. The summed E-state index contributed by atoms with van der Waals surface area (Å²) in [7, 11) is 0. The van der Waals surface area contributed by atoms with Gasteiger partial charge in [0.1, 0.15) is 12.1 Å². The number of ketones is 1. The molecule has 5 rings (SSSR count). The van der Waals surface area contributed by atoms with Crippen LogP contribution in [0.4, 0.5) is 4.79 Å². The summed E-state index contributed by atoms with van der Waals surface area (Å²) >= 11 is 0. The van der Waals surface area contributed by atoms with Crippen molar-refractivity contribution in [3.05, 3.63) is 35.9 Å². The van der Waals surface area contributed by atoms with Gasteiger partial charge in [0.05, 0.1) is 6.04 Å². The second-order valence-electron chi connectivity index (χ2n) is 14.8. The first-order valence-corrected chi connectivity index (χ1v) is 16.4. The Morgan fingerprint density at radius 3 is 2.25 bits per heavy atom. The van der Waals surface area contributed by atoms with Crippen LogP contribution in [-0.4, -0.2) is 64.6 Å². The number of likely N-dealkylation sites (tertiary alicyclic amines) is 1. The van der Waals surface area contributed by atoms with E-state index < -0.39 is 46.7 Å². The third kappa shape index (κ3) is 7.26. The average Bonchev–Trinajstić information content (AvgIpc) is 3.61. The molecule has 0 aromatic heterocycles. The number of benzene rings is 1. The molecule has 10 heteroatoms. The molecule has 1 heterocycles. The van der Waals surface area contributed by atoms with Gasteiger partial charge in [0.2, 0.25) is 17.6 Å². The van der Waals surface area contributed by atoms with Crippen molar-refractivity contribution < 1.29 is 24.0 Å². The number of piperidine rings is 1. The highest BCUT2D eigenvalue weighted by Crippen LogP contribution is 2.50. The number of carbonyl (C=O) groups is 5. The lowest BCUT2D eigenvalue weighted by Gasteiger charge is -2.40. The highest BCUT2D eigenvalue weighted by molar-refractivity contribution is 6.37. The quantitative estimate of drug-likeness (QED) is 0.285. The molecule has 4 aliphatic rings. The van der Waals surface area contributed by atoms with E-state index in [-0.39, 0.29) is 29.7 Å². The van der Waals surface area contributed by atoms with E-state index in [1.165, 1.54) is 0 Å². The number of hydrogen-bond donors (Lipinski definition) is 4. The third-order valence-electron chi connectivity index (χ3n) is 10.3. The Kier molecular flexibility index (Phi) is 9.37. The highest BCUT2D eigenvalue weighted by atomic mass is 16.2. The van der Waals surface area contributed by atoms with Gasteiger partial charge >= 0.3 is 6.03 Å². The summed E-state index contributed by atoms with van der Waals surface area (Å²) in [6, 6.07) is 7.16. The Morgan fingerprint density at radius 2 is 1.66 bits per heavy atom. The van der Waals surface area contributed by atoms with Gasteiger partial charge in [0.15, 0.2) is 0 Å². The van der Waals surface area contributed by atoms with Crippen molar-refractivity contribution in [2.45, 2.75) is 115 Å². The van der Waals surface area contributed by atoms with E-state index in [0.29, 0.717) is 13.0 Å². The first-order valence-electron chi connectivity index (χ1n) is 16.4. The monoisotopic (exact) mass is 607 g/mol. The molecule has 1 saturated heterocycles.